The summed E-state index contributed by atoms with van der Waals surface area (Å²) in [4.78, 5) is 11.8. The third-order valence-corrected chi connectivity index (χ3v) is 2.75. The number of carbonyl (C=O) groups excluding carboxylic acids is 1. The number of halogens is 3. The molecule has 0 aliphatic carbocycles. The first kappa shape index (κ1) is 14.2. The minimum absolute atomic E-state index is 0.0632. The minimum Gasteiger partial charge on any atom is -0.383 e. The predicted octanol–water partition coefficient (Wildman–Crippen LogP) is 2.46. The van der Waals surface area contributed by atoms with Gasteiger partial charge in [-0.1, -0.05) is 11.6 Å². The quantitative estimate of drug-likeness (QED) is 0.841. The summed E-state index contributed by atoms with van der Waals surface area (Å²) in [6.45, 7) is 0.300. The van der Waals surface area contributed by atoms with Crippen LogP contribution in [0.3, 0.4) is 0 Å². The maximum Gasteiger partial charge on any atom is 0.253 e. The van der Waals surface area contributed by atoms with E-state index in [1.54, 1.807) is 0 Å². The summed E-state index contributed by atoms with van der Waals surface area (Å²) < 4.78 is 17.7. The normalized spacial score (nSPS) is 12.2. The van der Waals surface area contributed by atoms with Gasteiger partial charge >= 0.3 is 0 Å². The summed E-state index contributed by atoms with van der Waals surface area (Å²) in [6, 6.07) is 3.27. The van der Waals surface area contributed by atoms with Crippen molar-refractivity contribution in [2.24, 2.45) is 0 Å². The maximum atomic E-state index is 12.8. The Hall–Kier alpha value is -0.840. The zero-order valence-corrected chi connectivity index (χ0v) is 10.7. The van der Waals surface area contributed by atoms with E-state index in [0.717, 1.165) is 6.07 Å². The van der Waals surface area contributed by atoms with Gasteiger partial charge in [-0.25, -0.2) is 4.39 Å². The van der Waals surface area contributed by atoms with Crippen LogP contribution in [0.5, 0.6) is 0 Å². The first-order valence-corrected chi connectivity index (χ1v) is 5.80. The molecule has 0 heterocycles. The van der Waals surface area contributed by atoms with Crippen LogP contribution in [0.4, 0.5) is 4.39 Å². The Morgan fingerprint density at radius 1 is 1.59 bits per heavy atom. The number of hydrogen-bond acceptors (Lipinski definition) is 2. The Morgan fingerprint density at radius 2 is 2.29 bits per heavy atom. The van der Waals surface area contributed by atoms with Gasteiger partial charge in [0.25, 0.3) is 5.91 Å². The number of methoxy groups -OCH3 is 1. The van der Waals surface area contributed by atoms with Gasteiger partial charge in [0.15, 0.2) is 0 Å². The van der Waals surface area contributed by atoms with Crippen LogP contribution in [0, 0.1) is 5.82 Å². The van der Waals surface area contributed by atoms with Crippen molar-refractivity contribution in [2.45, 2.75) is 6.04 Å². The number of hydrogen-bond donors (Lipinski definition) is 1. The summed E-state index contributed by atoms with van der Waals surface area (Å²) in [5.74, 6) is -0.673. The van der Waals surface area contributed by atoms with Crippen LogP contribution in [0.1, 0.15) is 10.4 Å². The Balaban J connectivity index is 2.75. The second-order valence-corrected chi connectivity index (χ2v) is 4.12. The van der Waals surface area contributed by atoms with E-state index in [1.165, 1.54) is 19.2 Å². The molecule has 94 valence electrons. The van der Waals surface area contributed by atoms with E-state index >= 15 is 0 Å². The minimum atomic E-state index is -0.489. The van der Waals surface area contributed by atoms with Crippen molar-refractivity contribution in [3.05, 3.63) is 34.6 Å². The topological polar surface area (TPSA) is 38.3 Å². The molecule has 17 heavy (non-hydrogen) atoms. The van der Waals surface area contributed by atoms with Crippen LogP contribution >= 0.6 is 23.2 Å². The molecule has 1 amide bonds. The van der Waals surface area contributed by atoms with E-state index in [-0.39, 0.29) is 22.5 Å². The molecule has 0 fully saturated rings. The number of benzene rings is 1. The van der Waals surface area contributed by atoms with E-state index < -0.39 is 11.7 Å². The fourth-order valence-corrected chi connectivity index (χ4v) is 1.68. The van der Waals surface area contributed by atoms with Gasteiger partial charge in [-0.2, -0.15) is 0 Å². The van der Waals surface area contributed by atoms with Crippen molar-refractivity contribution < 1.29 is 13.9 Å². The van der Waals surface area contributed by atoms with Crippen molar-refractivity contribution in [1.29, 1.82) is 0 Å². The predicted molar refractivity (Wildman–Crippen MR) is 65.3 cm³/mol. The van der Waals surface area contributed by atoms with Crippen molar-refractivity contribution in [2.75, 3.05) is 19.6 Å². The number of rotatable bonds is 5. The lowest BCUT2D eigenvalue weighted by Crippen LogP contribution is -2.39. The average molecular weight is 280 g/mol. The van der Waals surface area contributed by atoms with Crippen molar-refractivity contribution in [3.8, 4) is 0 Å². The van der Waals surface area contributed by atoms with Gasteiger partial charge in [0, 0.05) is 13.0 Å². The van der Waals surface area contributed by atoms with E-state index in [1.807, 2.05) is 0 Å². The molecular weight excluding hydrogens is 268 g/mol. The van der Waals surface area contributed by atoms with Crippen LogP contribution in [0.2, 0.25) is 5.02 Å². The zero-order chi connectivity index (χ0) is 12.8. The molecule has 6 heteroatoms. The standard InChI is InChI=1S/C11H12Cl2FNO2/c1-17-6-8(5-12)15-11(16)9-3-2-7(14)4-10(9)13/h2-4,8H,5-6H2,1H3,(H,15,16). The fraction of sp³-hybridized carbons (Fsp3) is 0.364. The molecule has 3 nitrogen and oxygen atoms in total. The molecule has 1 aromatic rings. The van der Waals surface area contributed by atoms with Gasteiger partial charge in [-0.3, -0.25) is 4.79 Å². The highest BCUT2D eigenvalue weighted by atomic mass is 35.5. The van der Waals surface area contributed by atoms with Crippen LogP contribution in [-0.2, 0) is 4.74 Å². The first-order valence-electron chi connectivity index (χ1n) is 4.89. The van der Waals surface area contributed by atoms with Gasteiger partial charge in [-0.05, 0) is 18.2 Å². The molecule has 1 N–H and O–H groups in total. The molecule has 0 saturated carbocycles. The van der Waals surface area contributed by atoms with E-state index in [9.17, 15) is 9.18 Å². The summed E-state index contributed by atoms with van der Waals surface area (Å²) in [6.07, 6.45) is 0. The molecule has 0 aliphatic heterocycles. The lowest BCUT2D eigenvalue weighted by Gasteiger charge is -2.15. The highest BCUT2D eigenvalue weighted by molar-refractivity contribution is 6.33. The van der Waals surface area contributed by atoms with Crippen LogP contribution in [0.25, 0.3) is 0 Å². The smallest absolute Gasteiger partial charge is 0.253 e. The van der Waals surface area contributed by atoms with Gasteiger partial charge in [0.1, 0.15) is 5.82 Å². The van der Waals surface area contributed by atoms with E-state index in [2.05, 4.69) is 5.32 Å². The second kappa shape index (κ2) is 6.79. The Kier molecular flexibility index (Phi) is 5.68. The van der Waals surface area contributed by atoms with Crippen molar-refractivity contribution in [1.82, 2.24) is 5.32 Å². The fourth-order valence-electron chi connectivity index (χ4n) is 1.26. The van der Waals surface area contributed by atoms with Crippen LogP contribution in [-0.4, -0.2) is 31.5 Å². The Morgan fingerprint density at radius 3 is 2.82 bits per heavy atom. The lowest BCUT2D eigenvalue weighted by molar-refractivity contribution is 0.0907. The molecule has 0 bridgehead atoms. The third kappa shape index (κ3) is 4.15. The number of amides is 1. The molecule has 0 spiro atoms. The molecule has 0 aromatic heterocycles. The molecule has 0 aliphatic rings. The van der Waals surface area contributed by atoms with Crippen LogP contribution < -0.4 is 5.32 Å². The SMILES string of the molecule is COCC(CCl)NC(=O)c1ccc(F)cc1Cl. The Bertz CT molecular complexity index is 401. The molecule has 0 saturated heterocycles. The highest BCUT2D eigenvalue weighted by Crippen LogP contribution is 2.17. The molecule has 1 rings (SSSR count). The molecule has 1 aromatic carbocycles. The van der Waals surface area contributed by atoms with E-state index in [4.69, 9.17) is 27.9 Å². The zero-order valence-electron chi connectivity index (χ0n) is 9.17. The lowest BCUT2D eigenvalue weighted by atomic mass is 10.2. The largest absolute Gasteiger partial charge is 0.383 e. The summed E-state index contributed by atoms with van der Waals surface area (Å²) in [5.41, 5.74) is 0.208. The number of ether oxygens (including phenoxy) is 1. The first-order chi connectivity index (χ1) is 8.08. The second-order valence-electron chi connectivity index (χ2n) is 3.40. The van der Waals surface area contributed by atoms with Gasteiger partial charge in [-0.15, -0.1) is 11.6 Å². The molecule has 1 unspecified atom stereocenters. The molecule has 0 radical (unpaired) electrons. The highest BCUT2D eigenvalue weighted by Gasteiger charge is 2.15. The van der Waals surface area contributed by atoms with Gasteiger partial charge in [0.05, 0.1) is 23.2 Å². The van der Waals surface area contributed by atoms with Gasteiger partial charge < -0.3 is 10.1 Å². The van der Waals surface area contributed by atoms with Crippen molar-refractivity contribution in [3.63, 3.8) is 0 Å². The van der Waals surface area contributed by atoms with Gasteiger partial charge in [0.2, 0.25) is 0 Å². The van der Waals surface area contributed by atoms with Crippen LogP contribution in [0.15, 0.2) is 18.2 Å². The third-order valence-electron chi connectivity index (χ3n) is 2.07. The average Bonchev–Trinajstić information content (AvgIpc) is 2.28. The van der Waals surface area contributed by atoms with Crippen molar-refractivity contribution >= 4 is 29.1 Å². The summed E-state index contributed by atoms with van der Waals surface area (Å²) in [7, 11) is 1.51. The molecule has 1 atom stereocenters. The number of alkyl halides is 1. The monoisotopic (exact) mass is 279 g/mol. The summed E-state index contributed by atoms with van der Waals surface area (Å²) in [5, 5.41) is 2.70. The Labute approximate surface area is 109 Å². The van der Waals surface area contributed by atoms with E-state index in [0.29, 0.717) is 6.61 Å². The molecular formula is C11H12Cl2FNO2. The summed E-state index contributed by atoms with van der Waals surface area (Å²) >= 11 is 11.4. The number of nitrogens with one attached hydrogen (secondary N) is 1. The number of carbonyl (C=O) groups is 1. The maximum absolute atomic E-state index is 12.8.